The first kappa shape index (κ1) is 13.6. The zero-order valence-corrected chi connectivity index (χ0v) is 11.8. The van der Waals surface area contributed by atoms with Crippen molar-refractivity contribution in [2.24, 2.45) is 11.8 Å². The topological polar surface area (TPSA) is 58.4 Å². The van der Waals surface area contributed by atoms with Crippen LogP contribution in [0.1, 0.15) is 36.8 Å². The lowest BCUT2D eigenvalue weighted by molar-refractivity contribution is -0.120. The highest BCUT2D eigenvalue weighted by Crippen LogP contribution is 2.35. The third-order valence-corrected chi connectivity index (χ3v) is 4.26. The van der Waals surface area contributed by atoms with E-state index in [-0.39, 0.29) is 5.91 Å². The molecule has 1 aromatic rings. The zero-order valence-electron chi connectivity index (χ0n) is 11.8. The van der Waals surface area contributed by atoms with E-state index in [1.165, 1.54) is 37.8 Å². The number of hydrogen-bond acceptors (Lipinski definition) is 3. The number of carbonyl (C=O) groups excluding carboxylic acids is 1. The number of nitrogens with zero attached hydrogens (tertiary/aromatic N) is 1. The summed E-state index contributed by atoms with van der Waals surface area (Å²) >= 11 is 0. The summed E-state index contributed by atoms with van der Waals surface area (Å²) in [5.74, 6) is 5.98. The standard InChI is InChI=1S/C16H23N3O/c17-18-16(20)9-13-3-1-2-4-14(13)11-19(15-7-8-15)10-12-5-6-12/h1-4,12,15H,5-11,17H2,(H,18,20). The molecule has 0 spiro atoms. The van der Waals surface area contributed by atoms with Crippen LogP contribution >= 0.6 is 0 Å². The Balaban J connectivity index is 1.69. The summed E-state index contributed by atoms with van der Waals surface area (Å²) in [4.78, 5) is 14.1. The van der Waals surface area contributed by atoms with Crippen LogP contribution in [0, 0.1) is 5.92 Å². The predicted octanol–water partition coefficient (Wildman–Crippen LogP) is 1.59. The van der Waals surface area contributed by atoms with E-state index in [4.69, 9.17) is 5.84 Å². The first-order chi connectivity index (χ1) is 9.76. The van der Waals surface area contributed by atoms with Gasteiger partial charge in [0, 0.05) is 19.1 Å². The highest BCUT2D eigenvalue weighted by molar-refractivity contribution is 5.78. The minimum atomic E-state index is -0.127. The summed E-state index contributed by atoms with van der Waals surface area (Å²) < 4.78 is 0. The first-order valence-corrected chi connectivity index (χ1v) is 7.56. The van der Waals surface area contributed by atoms with E-state index in [0.717, 1.165) is 24.1 Å². The molecule has 4 heteroatoms. The third kappa shape index (κ3) is 3.58. The molecule has 2 aliphatic carbocycles. The number of nitrogens with one attached hydrogen (secondary N) is 1. The summed E-state index contributed by atoms with van der Waals surface area (Å²) in [6, 6.07) is 8.99. The van der Waals surface area contributed by atoms with Crippen molar-refractivity contribution < 1.29 is 4.79 Å². The van der Waals surface area contributed by atoms with Crippen molar-refractivity contribution >= 4 is 5.91 Å². The van der Waals surface area contributed by atoms with Crippen molar-refractivity contribution in [3.05, 3.63) is 35.4 Å². The molecule has 0 aliphatic heterocycles. The Labute approximate surface area is 120 Å². The molecule has 2 fully saturated rings. The summed E-state index contributed by atoms with van der Waals surface area (Å²) in [6.45, 7) is 2.19. The van der Waals surface area contributed by atoms with Crippen LogP contribution < -0.4 is 11.3 Å². The van der Waals surface area contributed by atoms with E-state index in [0.29, 0.717) is 6.42 Å². The molecule has 1 amide bonds. The van der Waals surface area contributed by atoms with Gasteiger partial charge < -0.3 is 0 Å². The molecule has 1 aromatic carbocycles. The molecule has 0 aromatic heterocycles. The van der Waals surface area contributed by atoms with Crippen LogP contribution in [0.4, 0.5) is 0 Å². The third-order valence-electron chi connectivity index (χ3n) is 4.26. The lowest BCUT2D eigenvalue weighted by Crippen LogP contribution is -2.32. The number of amides is 1. The second kappa shape index (κ2) is 5.94. The summed E-state index contributed by atoms with van der Waals surface area (Å²) in [5.41, 5.74) is 4.58. The summed E-state index contributed by atoms with van der Waals surface area (Å²) in [5, 5.41) is 0. The molecule has 108 valence electrons. The van der Waals surface area contributed by atoms with Crippen molar-refractivity contribution in [3.63, 3.8) is 0 Å². The Morgan fingerprint density at radius 1 is 1.20 bits per heavy atom. The molecule has 3 rings (SSSR count). The van der Waals surface area contributed by atoms with Crippen LogP contribution in [0.2, 0.25) is 0 Å². The minimum absolute atomic E-state index is 0.127. The van der Waals surface area contributed by atoms with Gasteiger partial charge in [-0.15, -0.1) is 0 Å². The lowest BCUT2D eigenvalue weighted by atomic mass is 10.0. The Bertz CT molecular complexity index is 480. The fourth-order valence-electron chi connectivity index (χ4n) is 2.74. The predicted molar refractivity (Wildman–Crippen MR) is 78.6 cm³/mol. The van der Waals surface area contributed by atoms with Gasteiger partial charge in [0.2, 0.25) is 5.91 Å². The number of carbonyl (C=O) groups is 1. The zero-order chi connectivity index (χ0) is 13.9. The molecule has 0 heterocycles. The van der Waals surface area contributed by atoms with Crippen molar-refractivity contribution in [3.8, 4) is 0 Å². The van der Waals surface area contributed by atoms with Crippen LogP contribution in [-0.4, -0.2) is 23.4 Å². The average molecular weight is 273 g/mol. The summed E-state index contributed by atoms with van der Waals surface area (Å²) in [7, 11) is 0. The Kier molecular flexibility index (Phi) is 4.03. The number of hydrazine groups is 1. The highest BCUT2D eigenvalue weighted by atomic mass is 16.2. The quantitative estimate of drug-likeness (QED) is 0.450. The van der Waals surface area contributed by atoms with Crippen molar-refractivity contribution in [2.75, 3.05) is 6.54 Å². The Morgan fingerprint density at radius 2 is 1.90 bits per heavy atom. The number of benzene rings is 1. The fraction of sp³-hybridized carbons (Fsp3) is 0.562. The molecule has 2 aliphatic rings. The second-order valence-electron chi connectivity index (χ2n) is 6.12. The van der Waals surface area contributed by atoms with Crippen LogP contribution in [-0.2, 0) is 17.8 Å². The molecular formula is C16H23N3O. The van der Waals surface area contributed by atoms with E-state index in [1.54, 1.807) is 0 Å². The SMILES string of the molecule is NNC(=O)Cc1ccccc1CN(CC1CC1)C1CC1. The number of hydrogen-bond donors (Lipinski definition) is 2. The number of nitrogens with two attached hydrogens (primary N) is 1. The van der Waals surface area contributed by atoms with Gasteiger partial charge in [-0.05, 0) is 42.7 Å². The van der Waals surface area contributed by atoms with Gasteiger partial charge in [0.15, 0.2) is 0 Å². The molecular weight excluding hydrogens is 250 g/mol. The number of rotatable bonds is 7. The van der Waals surface area contributed by atoms with Gasteiger partial charge in [-0.3, -0.25) is 15.1 Å². The van der Waals surface area contributed by atoms with Gasteiger partial charge in [-0.2, -0.15) is 0 Å². The average Bonchev–Trinajstić information content (AvgIpc) is 3.33. The molecule has 2 saturated carbocycles. The van der Waals surface area contributed by atoms with Crippen molar-refractivity contribution in [2.45, 2.75) is 44.7 Å². The monoisotopic (exact) mass is 273 g/mol. The normalized spacial score (nSPS) is 18.3. The molecule has 0 atom stereocenters. The summed E-state index contributed by atoms with van der Waals surface area (Å²) in [6.07, 6.45) is 5.81. The fourth-order valence-corrected chi connectivity index (χ4v) is 2.74. The van der Waals surface area contributed by atoms with Crippen molar-refractivity contribution in [1.82, 2.24) is 10.3 Å². The molecule has 20 heavy (non-hydrogen) atoms. The van der Waals surface area contributed by atoms with Gasteiger partial charge in [-0.1, -0.05) is 24.3 Å². The van der Waals surface area contributed by atoms with Gasteiger partial charge >= 0.3 is 0 Å². The first-order valence-electron chi connectivity index (χ1n) is 7.56. The molecule has 0 saturated heterocycles. The Hall–Kier alpha value is -1.39. The largest absolute Gasteiger partial charge is 0.296 e. The van der Waals surface area contributed by atoms with Crippen LogP contribution in [0.3, 0.4) is 0 Å². The van der Waals surface area contributed by atoms with E-state index < -0.39 is 0 Å². The minimum Gasteiger partial charge on any atom is -0.296 e. The van der Waals surface area contributed by atoms with Gasteiger partial charge in [0.05, 0.1) is 6.42 Å². The molecule has 0 bridgehead atoms. The van der Waals surface area contributed by atoms with E-state index in [9.17, 15) is 4.79 Å². The second-order valence-corrected chi connectivity index (χ2v) is 6.12. The van der Waals surface area contributed by atoms with Gasteiger partial charge in [-0.25, -0.2) is 5.84 Å². The smallest absolute Gasteiger partial charge is 0.238 e. The van der Waals surface area contributed by atoms with E-state index in [2.05, 4.69) is 22.5 Å². The van der Waals surface area contributed by atoms with Gasteiger partial charge in [0.25, 0.3) is 0 Å². The van der Waals surface area contributed by atoms with Crippen LogP contribution in [0.5, 0.6) is 0 Å². The van der Waals surface area contributed by atoms with Gasteiger partial charge in [0.1, 0.15) is 0 Å². The molecule has 0 radical (unpaired) electrons. The Morgan fingerprint density at radius 3 is 2.50 bits per heavy atom. The van der Waals surface area contributed by atoms with Crippen molar-refractivity contribution in [1.29, 1.82) is 0 Å². The molecule has 3 N–H and O–H groups in total. The maximum Gasteiger partial charge on any atom is 0.238 e. The van der Waals surface area contributed by atoms with E-state index >= 15 is 0 Å². The van der Waals surface area contributed by atoms with Crippen LogP contribution in [0.15, 0.2) is 24.3 Å². The molecule has 0 unspecified atom stereocenters. The maximum atomic E-state index is 11.5. The molecule has 4 nitrogen and oxygen atoms in total. The van der Waals surface area contributed by atoms with Crippen LogP contribution in [0.25, 0.3) is 0 Å². The maximum absolute atomic E-state index is 11.5. The highest BCUT2D eigenvalue weighted by Gasteiger charge is 2.33. The van der Waals surface area contributed by atoms with E-state index in [1.807, 2.05) is 12.1 Å². The lowest BCUT2D eigenvalue weighted by Gasteiger charge is -2.23.